The Labute approximate surface area is 95.0 Å². The van der Waals surface area contributed by atoms with Gasteiger partial charge in [0.1, 0.15) is 0 Å². The van der Waals surface area contributed by atoms with Gasteiger partial charge in [0.15, 0.2) is 0 Å². The van der Waals surface area contributed by atoms with E-state index in [1.54, 1.807) is 6.92 Å². The standard InChI is InChI=1S/C10H19N3O3/c1-7(5-9(14)15)11-10(16)12-8-3-4-13(2)6-8/h7-8H,3-6H2,1-2H3,(H,14,15)(H2,11,12,16). The van der Waals surface area contributed by atoms with Gasteiger partial charge in [0.25, 0.3) is 0 Å². The minimum atomic E-state index is -0.909. The summed E-state index contributed by atoms with van der Waals surface area (Å²) < 4.78 is 0. The van der Waals surface area contributed by atoms with Crippen molar-refractivity contribution in [3.8, 4) is 0 Å². The van der Waals surface area contributed by atoms with Crippen LogP contribution in [0.2, 0.25) is 0 Å². The zero-order valence-electron chi connectivity index (χ0n) is 9.69. The second-order valence-electron chi connectivity index (χ2n) is 4.36. The molecule has 0 radical (unpaired) electrons. The highest BCUT2D eigenvalue weighted by Gasteiger charge is 2.21. The van der Waals surface area contributed by atoms with Gasteiger partial charge in [0.2, 0.25) is 0 Å². The van der Waals surface area contributed by atoms with Crippen LogP contribution in [0.15, 0.2) is 0 Å². The average Bonchev–Trinajstić information content (AvgIpc) is 2.48. The topological polar surface area (TPSA) is 81.7 Å². The molecule has 0 saturated carbocycles. The first-order chi connectivity index (χ1) is 7.47. The quantitative estimate of drug-likeness (QED) is 0.626. The molecular weight excluding hydrogens is 210 g/mol. The highest BCUT2D eigenvalue weighted by Crippen LogP contribution is 2.05. The van der Waals surface area contributed by atoms with E-state index < -0.39 is 5.97 Å². The van der Waals surface area contributed by atoms with Gasteiger partial charge in [-0.1, -0.05) is 0 Å². The molecule has 0 aliphatic carbocycles. The van der Waals surface area contributed by atoms with Crippen molar-refractivity contribution in [2.45, 2.75) is 31.8 Å². The highest BCUT2D eigenvalue weighted by atomic mass is 16.4. The SMILES string of the molecule is CC(CC(=O)O)NC(=O)NC1CCN(C)C1. The Kier molecular flexibility index (Phi) is 4.54. The van der Waals surface area contributed by atoms with E-state index in [-0.39, 0.29) is 24.5 Å². The van der Waals surface area contributed by atoms with Crippen LogP contribution in [-0.4, -0.2) is 54.2 Å². The Balaban J connectivity index is 2.22. The van der Waals surface area contributed by atoms with Crippen LogP contribution in [-0.2, 0) is 4.79 Å². The molecule has 16 heavy (non-hydrogen) atoms. The molecule has 1 saturated heterocycles. The molecule has 3 N–H and O–H groups in total. The van der Waals surface area contributed by atoms with E-state index in [1.807, 2.05) is 7.05 Å². The molecule has 1 aliphatic rings. The van der Waals surface area contributed by atoms with Crippen molar-refractivity contribution in [2.24, 2.45) is 0 Å². The number of likely N-dealkylation sites (tertiary alicyclic amines) is 1. The summed E-state index contributed by atoms with van der Waals surface area (Å²) in [5.74, 6) is -0.909. The maximum atomic E-state index is 11.5. The first-order valence-electron chi connectivity index (χ1n) is 5.44. The van der Waals surface area contributed by atoms with Crippen molar-refractivity contribution in [1.82, 2.24) is 15.5 Å². The predicted molar refractivity (Wildman–Crippen MR) is 59.3 cm³/mol. The van der Waals surface area contributed by atoms with Gasteiger partial charge in [-0.3, -0.25) is 4.79 Å². The molecule has 1 fully saturated rings. The first-order valence-corrected chi connectivity index (χ1v) is 5.44. The van der Waals surface area contributed by atoms with Crippen molar-refractivity contribution in [3.05, 3.63) is 0 Å². The Morgan fingerprint density at radius 3 is 2.75 bits per heavy atom. The third kappa shape index (κ3) is 4.48. The summed E-state index contributed by atoms with van der Waals surface area (Å²) in [4.78, 5) is 24.0. The summed E-state index contributed by atoms with van der Waals surface area (Å²) in [6, 6.07) is -0.465. The molecule has 92 valence electrons. The lowest BCUT2D eigenvalue weighted by molar-refractivity contribution is -0.137. The van der Waals surface area contributed by atoms with Gasteiger partial charge in [0, 0.05) is 18.6 Å². The molecular formula is C10H19N3O3. The molecule has 2 unspecified atom stereocenters. The zero-order chi connectivity index (χ0) is 12.1. The minimum absolute atomic E-state index is 0.0576. The van der Waals surface area contributed by atoms with Crippen LogP contribution in [0.1, 0.15) is 19.8 Å². The maximum Gasteiger partial charge on any atom is 0.315 e. The molecule has 0 aromatic rings. The second-order valence-corrected chi connectivity index (χ2v) is 4.36. The number of nitrogens with zero attached hydrogens (tertiary/aromatic N) is 1. The van der Waals surface area contributed by atoms with E-state index in [2.05, 4.69) is 15.5 Å². The fourth-order valence-corrected chi connectivity index (χ4v) is 1.82. The molecule has 1 rings (SSSR count). The molecule has 1 aliphatic heterocycles. The number of carboxylic acid groups (broad SMARTS) is 1. The largest absolute Gasteiger partial charge is 0.481 e. The van der Waals surface area contributed by atoms with E-state index in [4.69, 9.17) is 5.11 Å². The summed E-state index contributed by atoms with van der Waals surface area (Å²) >= 11 is 0. The normalized spacial score (nSPS) is 22.8. The number of nitrogens with one attached hydrogen (secondary N) is 2. The number of aliphatic carboxylic acids is 1. The number of amides is 2. The van der Waals surface area contributed by atoms with Crippen LogP contribution >= 0.6 is 0 Å². The summed E-state index contributed by atoms with van der Waals surface area (Å²) in [5, 5.41) is 14.0. The van der Waals surface area contributed by atoms with Crippen molar-refractivity contribution >= 4 is 12.0 Å². The van der Waals surface area contributed by atoms with Gasteiger partial charge >= 0.3 is 12.0 Å². The molecule has 0 bridgehead atoms. The van der Waals surface area contributed by atoms with Gasteiger partial charge in [-0.2, -0.15) is 0 Å². The number of hydrogen-bond acceptors (Lipinski definition) is 3. The summed E-state index contributed by atoms with van der Waals surface area (Å²) in [5.41, 5.74) is 0. The minimum Gasteiger partial charge on any atom is -0.481 e. The molecule has 0 spiro atoms. The van der Waals surface area contributed by atoms with Gasteiger partial charge in [-0.15, -0.1) is 0 Å². The molecule has 2 amide bonds. The molecule has 0 aromatic heterocycles. The lowest BCUT2D eigenvalue weighted by Crippen LogP contribution is -2.46. The van der Waals surface area contributed by atoms with E-state index in [9.17, 15) is 9.59 Å². The third-order valence-electron chi connectivity index (χ3n) is 2.58. The van der Waals surface area contributed by atoms with Crippen molar-refractivity contribution in [1.29, 1.82) is 0 Å². The second kappa shape index (κ2) is 5.69. The highest BCUT2D eigenvalue weighted by molar-refractivity contribution is 5.75. The van der Waals surface area contributed by atoms with Crippen LogP contribution in [0.4, 0.5) is 4.79 Å². The van der Waals surface area contributed by atoms with Crippen molar-refractivity contribution < 1.29 is 14.7 Å². The number of hydrogen-bond donors (Lipinski definition) is 3. The maximum absolute atomic E-state index is 11.5. The van der Waals surface area contributed by atoms with E-state index in [1.165, 1.54) is 0 Å². The Morgan fingerprint density at radius 2 is 2.25 bits per heavy atom. The number of carbonyl (C=O) groups is 2. The fourth-order valence-electron chi connectivity index (χ4n) is 1.82. The van der Waals surface area contributed by atoms with Gasteiger partial charge in [0.05, 0.1) is 6.42 Å². The number of rotatable bonds is 4. The number of urea groups is 1. The van der Waals surface area contributed by atoms with Gasteiger partial charge < -0.3 is 20.6 Å². The van der Waals surface area contributed by atoms with Crippen molar-refractivity contribution in [2.75, 3.05) is 20.1 Å². The Morgan fingerprint density at radius 1 is 1.56 bits per heavy atom. The van der Waals surface area contributed by atoms with E-state index in [0.29, 0.717) is 0 Å². The fraction of sp³-hybridized carbons (Fsp3) is 0.800. The summed E-state index contributed by atoms with van der Waals surface area (Å²) in [7, 11) is 2.01. The smallest absolute Gasteiger partial charge is 0.315 e. The molecule has 2 atom stereocenters. The van der Waals surface area contributed by atoms with Gasteiger partial charge in [-0.05, 0) is 26.9 Å². The van der Waals surface area contributed by atoms with Crippen LogP contribution in [0.3, 0.4) is 0 Å². The Hall–Kier alpha value is -1.30. The number of carbonyl (C=O) groups excluding carboxylic acids is 1. The zero-order valence-corrected chi connectivity index (χ0v) is 9.69. The number of likely N-dealkylation sites (N-methyl/N-ethyl adjacent to an activating group) is 1. The van der Waals surface area contributed by atoms with Crippen LogP contribution < -0.4 is 10.6 Å². The average molecular weight is 229 g/mol. The summed E-state index contributed by atoms with van der Waals surface area (Å²) in [6.45, 7) is 3.50. The summed E-state index contributed by atoms with van der Waals surface area (Å²) in [6.07, 6.45) is 0.884. The Bertz CT molecular complexity index is 270. The third-order valence-corrected chi connectivity index (χ3v) is 2.58. The van der Waals surface area contributed by atoms with E-state index >= 15 is 0 Å². The van der Waals surface area contributed by atoms with Crippen LogP contribution in [0, 0.1) is 0 Å². The first kappa shape index (κ1) is 12.8. The molecule has 6 nitrogen and oxygen atoms in total. The number of carboxylic acids is 1. The molecule has 0 aromatic carbocycles. The monoisotopic (exact) mass is 229 g/mol. The molecule has 6 heteroatoms. The van der Waals surface area contributed by atoms with Crippen LogP contribution in [0.25, 0.3) is 0 Å². The molecule has 1 heterocycles. The van der Waals surface area contributed by atoms with E-state index in [0.717, 1.165) is 19.5 Å². The lowest BCUT2D eigenvalue weighted by atomic mass is 10.2. The van der Waals surface area contributed by atoms with Crippen LogP contribution in [0.5, 0.6) is 0 Å². The predicted octanol–water partition coefficient (Wildman–Crippen LogP) is -0.147. The van der Waals surface area contributed by atoms with Crippen molar-refractivity contribution in [3.63, 3.8) is 0 Å². The lowest BCUT2D eigenvalue weighted by Gasteiger charge is -2.16. The van der Waals surface area contributed by atoms with Gasteiger partial charge in [-0.25, -0.2) is 4.79 Å².